The van der Waals surface area contributed by atoms with Crippen LogP contribution in [0.25, 0.3) is 22.4 Å². The molecule has 132 valence electrons. The van der Waals surface area contributed by atoms with Gasteiger partial charge in [-0.2, -0.15) is 0 Å². The second-order valence-corrected chi connectivity index (χ2v) is 7.70. The maximum atomic E-state index is 12.3. The molecule has 0 radical (unpaired) electrons. The van der Waals surface area contributed by atoms with Gasteiger partial charge in [0, 0.05) is 29.0 Å². The van der Waals surface area contributed by atoms with Crippen LogP contribution in [0.15, 0.2) is 57.6 Å². The summed E-state index contributed by atoms with van der Waals surface area (Å²) in [5.41, 5.74) is 1.88. The molecular formula is C18H16N4O2S2. The number of H-pyrrole nitrogens is 1. The van der Waals surface area contributed by atoms with E-state index in [4.69, 9.17) is 4.42 Å². The molecule has 0 saturated heterocycles. The predicted octanol–water partition coefficient (Wildman–Crippen LogP) is 4.03. The molecule has 3 heterocycles. The maximum Gasteiger partial charge on any atom is 0.277 e. The van der Waals surface area contributed by atoms with Crippen LogP contribution < -0.4 is 0 Å². The zero-order valence-electron chi connectivity index (χ0n) is 14.0. The number of carbonyl (C=O) groups excluding carboxylic acids is 1. The lowest BCUT2D eigenvalue weighted by molar-refractivity contribution is -0.127. The Hall–Kier alpha value is -2.58. The third-order valence-corrected chi connectivity index (χ3v) is 5.61. The zero-order valence-corrected chi connectivity index (χ0v) is 15.6. The molecule has 6 nitrogen and oxygen atoms in total. The first-order chi connectivity index (χ1) is 12.7. The molecule has 0 atom stereocenters. The first-order valence-electron chi connectivity index (χ1n) is 8.00. The van der Waals surface area contributed by atoms with Crippen molar-refractivity contribution >= 4 is 39.9 Å². The Morgan fingerprint density at radius 2 is 2.15 bits per heavy atom. The number of aromatic amines is 1. The average molecular weight is 384 g/mol. The average Bonchev–Trinajstić information content (AvgIpc) is 3.39. The summed E-state index contributed by atoms with van der Waals surface area (Å²) in [5.74, 6) is 0.733. The normalized spacial score (nSPS) is 11.1. The third-order valence-electron chi connectivity index (χ3n) is 3.94. The first kappa shape index (κ1) is 16.9. The van der Waals surface area contributed by atoms with Crippen LogP contribution >= 0.6 is 23.1 Å². The van der Waals surface area contributed by atoms with Gasteiger partial charge >= 0.3 is 0 Å². The van der Waals surface area contributed by atoms with Crippen molar-refractivity contribution in [1.82, 2.24) is 20.1 Å². The van der Waals surface area contributed by atoms with Gasteiger partial charge in [-0.1, -0.05) is 36.0 Å². The van der Waals surface area contributed by atoms with Crippen molar-refractivity contribution in [2.75, 3.05) is 12.8 Å². The van der Waals surface area contributed by atoms with Crippen molar-refractivity contribution in [1.29, 1.82) is 0 Å². The SMILES string of the molecule is CN(Cc1cccs1)C(=O)CSc1nnc(-c2c[nH]c3ccccc23)o1. The number of benzene rings is 1. The molecule has 0 fully saturated rings. The first-order valence-corrected chi connectivity index (χ1v) is 9.86. The summed E-state index contributed by atoms with van der Waals surface area (Å²) < 4.78 is 5.72. The van der Waals surface area contributed by atoms with E-state index in [-0.39, 0.29) is 11.7 Å². The highest BCUT2D eigenvalue weighted by atomic mass is 32.2. The standard InChI is InChI=1S/C18H16N4O2S2/c1-22(10-12-5-4-8-25-12)16(23)11-26-18-21-20-17(24-18)14-9-19-15-7-3-2-6-13(14)15/h2-9,19H,10-11H2,1H3. The number of amides is 1. The van der Waals surface area contributed by atoms with Gasteiger partial charge in [-0.15, -0.1) is 21.5 Å². The summed E-state index contributed by atoms with van der Waals surface area (Å²) >= 11 is 2.90. The number of para-hydroxylation sites is 1. The Balaban J connectivity index is 1.40. The molecule has 4 rings (SSSR count). The highest BCUT2D eigenvalue weighted by Gasteiger charge is 2.16. The summed E-state index contributed by atoms with van der Waals surface area (Å²) in [6.45, 7) is 0.613. The molecule has 0 aliphatic carbocycles. The van der Waals surface area contributed by atoms with E-state index >= 15 is 0 Å². The Bertz CT molecular complexity index is 1020. The van der Waals surface area contributed by atoms with Crippen LogP contribution in [-0.2, 0) is 11.3 Å². The molecule has 8 heteroatoms. The molecule has 1 aromatic carbocycles. The lowest BCUT2D eigenvalue weighted by atomic mass is 10.2. The predicted molar refractivity (Wildman–Crippen MR) is 103 cm³/mol. The van der Waals surface area contributed by atoms with E-state index in [9.17, 15) is 4.79 Å². The molecule has 1 amide bonds. The van der Waals surface area contributed by atoms with Crippen molar-refractivity contribution in [2.24, 2.45) is 0 Å². The number of carbonyl (C=O) groups is 1. The van der Waals surface area contributed by atoms with E-state index in [0.29, 0.717) is 17.7 Å². The molecule has 0 bridgehead atoms. The minimum absolute atomic E-state index is 0.0234. The van der Waals surface area contributed by atoms with Crippen LogP contribution in [0, 0.1) is 0 Å². The summed E-state index contributed by atoms with van der Waals surface area (Å²) in [4.78, 5) is 18.3. The smallest absolute Gasteiger partial charge is 0.277 e. The third kappa shape index (κ3) is 3.51. The lowest BCUT2D eigenvalue weighted by Gasteiger charge is -2.15. The van der Waals surface area contributed by atoms with Crippen molar-refractivity contribution < 1.29 is 9.21 Å². The fourth-order valence-electron chi connectivity index (χ4n) is 2.58. The minimum Gasteiger partial charge on any atom is -0.411 e. The van der Waals surface area contributed by atoms with E-state index in [1.54, 1.807) is 23.3 Å². The molecule has 3 aromatic heterocycles. The summed E-state index contributed by atoms with van der Waals surface area (Å²) in [5, 5.41) is 11.6. The molecular weight excluding hydrogens is 368 g/mol. The van der Waals surface area contributed by atoms with Gasteiger partial charge in [-0.05, 0) is 17.5 Å². The second-order valence-electron chi connectivity index (χ2n) is 5.74. The second kappa shape index (κ2) is 7.35. The monoisotopic (exact) mass is 384 g/mol. The highest BCUT2D eigenvalue weighted by molar-refractivity contribution is 7.99. The van der Waals surface area contributed by atoms with Gasteiger partial charge in [-0.3, -0.25) is 4.79 Å². The van der Waals surface area contributed by atoms with Crippen LogP contribution in [-0.4, -0.2) is 38.8 Å². The van der Waals surface area contributed by atoms with Crippen LogP contribution in [0.4, 0.5) is 0 Å². The number of thiophene rings is 1. The quantitative estimate of drug-likeness (QED) is 0.508. The van der Waals surface area contributed by atoms with Gasteiger partial charge in [-0.25, -0.2) is 0 Å². The van der Waals surface area contributed by atoms with Crippen molar-refractivity contribution in [2.45, 2.75) is 11.8 Å². The van der Waals surface area contributed by atoms with Crippen molar-refractivity contribution in [3.05, 3.63) is 52.9 Å². The fourth-order valence-corrected chi connectivity index (χ4v) is 4.04. The Morgan fingerprint density at radius 1 is 1.27 bits per heavy atom. The number of nitrogens with one attached hydrogen (secondary N) is 1. The molecule has 26 heavy (non-hydrogen) atoms. The van der Waals surface area contributed by atoms with Gasteiger partial charge in [0.15, 0.2) is 0 Å². The van der Waals surface area contributed by atoms with Crippen LogP contribution in [0.1, 0.15) is 4.88 Å². The van der Waals surface area contributed by atoms with E-state index in [1.165, 1.54) is 11.8 Å². The lowest BCUT2D eigenvalue weighted by Crippen LogP contribution is -2.27. The number of fused-ring (bicyclic) bond motifs is 1. The molecule has 0 aliphatic rings. The minimum atomic E-state index is 0.0234. The Kier molecular flexibility index (Phi) is 4.77. The Morgan fingerprint density at radius 3 is 3.00 bits per heavy atom. The zero-order chi connectivity index (χ0) is 17.9. The van der Waals surface area contributed by atoms with Gasteiger partial charge in [0.05, 0.1) is 17.9 Å². The van der Waals surface area contributed by atoms with Gasteiger partial charge in [0.1, 0.15) is 0 Å². The fraction of sp³-hybridized carbons (Fsp3) is 0.167. The van der Waals surface area contributed by atoms with E-state index < -0.39 is 0 Å². The largest absolute Gasteiger partial charge is 0.411 e. The molecule has 4 aromatic rings. The van der Waals surface area contributed by atoms with E-state index in [1.807, 2.05) is 48.0 Å². The van der Waals surface area contributed by atoms with Crippen molar-refractivity contribution in [3.63, 3.8) is 0 Å². The van der Waals surface area contributed by atoms with Crippen LogP contribution in [0.3, 0.4) is 0 Å². The highest BCUT2D eigenvalue weighted by Crippen LogP contribution is 2.29. The van der Waals surface area contributed by atoms with Gasteiger partial charge in [0.25, 0.3) is 11.1 Å². The van der Waals surface area contributed by atoms with E-state index in [2.05, 4.69) is 15.2 Å². The summed E-state index contributed by atoms with van der Waals surface area (Å²) in [6, 6.07) is 11.9. The van der Waals surface area contributed by atoms with Crippen molar-refractivity contribution in [3.8, 4) is 11.5 Å². The summed E-state index contributed by atoms with van der Waals surface area (Å²) in [6.07, 6.45) is 1.85. The van der Waals surface area contributed by atoms with E-state index in [0.717, 1.165) is 21.3 Å². The van der Waals surface area contributed by atoms with Gasteiger partial charge < -0.3 is 14.3 Å². The molecule has 1 N–H and O–H groups in total. The van der Waals surface area contributed by atoms with Crippen LogP contribution in [0.2, 0.25) is 0 Å². The van der Waals surface area contributed by atoms with Crippen LogP contribution in [0.5, 0.6) is 0 Å². The Labute approximate surface area is 158 Å². The number of hydrogen-bond acceptors (Lipinski definition) is 6. The maximum absolute atomic E-state index is 12.3. The number of aromatic nitrogens is 3. The topological polar surface area (TPSA) is 75.0 Å². The number of nitrogens with zero attached hydrogens (tertiary/aromatic N) is 3. The molecule has 0 aliphatic heterocycles. The summed E-state index contributed by atoms with van der Waals surface area (Å²) in [7, 11) is 1.80. The molecule has 0 unspecified atom stereocenters. The number of hydrogen-bond donors (Lipinski definition) is 1. The number of thioether (sulfide) groups is 1. The number of rotatable bonds is 6. The molecule has 0 saturated carbocycles. The molecule has 0 spiro atoms. The van der Waals surface area contributed by atoms with Gasteiger partial charge in [0.2, 0.25) is 5.91 Å².